The molecule has 0 aromatic heterocycles. The molecular formula is C7H14N2O2. The van der Waals surface area contributed by atoms with Gasteiger partial charge in [0.1, 0.15) is 0 Å². The highest BCUT2D eigenvalue weighted by molar-refractivity contribution is 5.69. The lowest BCUT2D eigenvalue weighted by Gasteiger charge is -2.20. The molecule has 4 heteroatoms. The van der Waals surface area contributed by atoms with Crippen molar-refractivity contribution in [3.63, 3.8) is 0 Å². The number of aliphatic carboxylic acids is 1. The second-order valence-corrected chi connectivity index (χ2v) is 2.96. The quantitative estimate of drug-likeness (QED) is 0.574. The Balaban J connectivity index is 2.28. The van der Waals surface area contributed by atoms with Crippen LogP contribution in [0, 0.1) is 0 Å². The third-order valence-corrected chi connectivity index (χ3v) is 2.04. The molecule has 0 aromatic rings. The van der Waals surface area contributed by atoms with Crippen molar-refractivity contribution in [3.05, 3.63) is 0 Å². The fourth-order valence-electron chi connectivity index (χ4n) is 1.36. The molecule has 0 amide bonds. The average molecular weight is 158 g/mol. The summed E-state index contributed by atoms with van der Waals surface area (Å²) in [6, 6.07) is 0.408. The van der Waals surface area contributed by atoms with Gasteiger partial charge in [0.05, 0.1) is 6.54 Å². The second kappa shape index (κ2) is 3.69. The number of carboxylic acids is 1. The summed E-state index contributed by atoms with van der Waals surface area (Å²) in [6.07, 6.45) is 1.06. The van der Waals surface area contributed by atoms with Crippen LogP contribution in [0.4, 0.5) is 0 Å². The smallest absolute Gasteiger partial charge is 0.317 e. The summed E-state index contributed by atoms with van der Waals surface area (Å²) in [4.78, 5) is 12.2. The molecule has 0 spiro atoms. The highest BCUT2D eigenvalue weighted by Crippen LogP contribution is 2.04. The Morgan fingerprint density at radius 1 is 1.82 bits per heavy atom. The van der Waals surface area contributed by atoms with Crippen molar-refractivity contribution in [3.8, 4) is 0 Å². The maximum absolute atomic E-state index is 10.3. The molecule has 1 fully saturated rings. The van der Waals surface area contributed by atoms with Crippen molar-refractivity contribution in [2.75, 3.05) is 26.7 Å². The van der Waals surface area contributed by atoms with Gasteiger partial charge in [-0.05, 0) is 20.0 Å². The van der Waals surface area contributed by atoms with Crippen molar-refractivity contribution in [2.24, 2.45) is 0 Å². The summed E-state index contributed by atoms with van der Waals surface area (Å²) in [6.45, 7) is 2.07. The molecular weight excluding hydrogens is 144 g/mol. The maximum Gasteiger partial charge on any atom is 0.317 e. The van der Waals surface area contributed by atoms with E-state index >= 15 is 0 Å². The summed E-state index contributed by atoms with van der Waals surface area (Å²) >= 11 is 0. The van der Waals surface area contributed by atoms with Gasteiger partial charge in [-0.15, -0.1) is 0 Å². The molecule has 11 heavy (non-hydrogen) atoms. The van der Waals surface area contributed by atoms with E-state index in [0.29, 0.717) is 6.04 Å². The zero-order valence-corrected chi connectivity index (χ0v) is 6.71. The number of nitrogens with one attached hydrogen (secondary N) is 1. The van der Waals surface area contributed by atoms with Gasteiger partial charge in [0.2, 0.25) is 0 Å². The number of hydrogen-bond acceptors (Lipinski definition) is 3. The molecule has 0 aliphatic carbocycles. The first-order valence-electron chi connectivity index (χ1n) is 3.83. The van der Waals surface area contributed by atoms with Crippen LogP contribution in [-0.2, 0) is 4.79 Å². The van der Waals surface area contributed by atoms with E-state index in [4.69, 9.17) is 5.11 Å². The predicted molar refractivity (Wildman–Crippen MR) is 41.5 cm³/mol. The van der Waals surface area contributed by atoms with E-state index in [1.54, 1.807) is 0 Å². The number of carbonyl (C=O) groups is 1. The van der Waals surface area contributed by atoms with E-state index in [0.717, 1.165) is 19.5 Å². The Morgan fingerprint density at radius 2 is 2.55 bits per heavy atom. The molecule has 1 atom stereocenters. The second-order valence-electron chi connectivity index (χ2n) is 2.96. The summed E-state index contributed by atoms with van der Waals surface area (Å²) < 4.78 is 0. The largest absolute Gasteiger partial charge is 0.480 e. The lowest BCUT2D eigenvalue weighted by atomic mass is 10.2. The minimum atomic E-state index is -0.751. The Labute approximate surface area is 66.2 Å². The van der Waals surface area contributed by atoms with Gasteiger partial charge in [-0.2, -0.15) is 0 Å². The first-order chi connectivity index (χ1) is 5.20. The van der Waals surface area contributed by atoms with Crippen LogP contribution in [0.2, 0.25) is 0 Å². The Hall–Kier alpha value is -0.610. The zero-order valence-electron chi connectivity index (χ0n) is 6.71. The van der Waals surface area contributed by atoms with Gasteiger partial charge in [-0.3, -0.25) is 9.69 Å². The van der Waals surface area contributed by atoms with Gasteiger partial charge in [0, 0.05) is 12.6 Å². The lowest BCUT2D eigenvalue weighted by Crippen LogP contribution is -2.37. The van der Waals surface area contributed by atoms with Crippen LogP contribution < -0.4 is 5.32 Å². The molecule has 4 nitrogen and oxygen atoms in total. The minimum Gasteiger partial charge on any atom is -0.480 e. The van der Waals surface area contributed by atoms with E-state index < -0.39 is 5.97 Å². The fourth-order valence-corrected chi connectivity index (χ4v) is 1.36. The Kier molecular flexibility index (Phi) is 2.84. The normalized spacial score (nSPS) is 24.4. The molecule has 1 heterocycles. The summed E-state index contributed by atoms with van der Waals surface area (Å²) in [5.74, 6) is -0.751. The third-order valence-electron chi connectivity index (χ3n) is 2.04. The Bertz CT molecular complexity index is 143. The zero-order chi connectivity index (χ0) is 8.27. The van der Waals surface area contributed by atoms with Crippen LogP contribution in [0.25, 0.3) is 0 Å². The molecule has 0 unspecified atom stereocenters. The number of hydrogen-bond donors (Lipinski definition) is 2. The third kappa shape index (κ3) is 2.48. The van der Waals surface area contributed by atoms with Crippen LogP contribution in [0.3, 0.4) is 0 Å². The van der Waals surface area contributed by atoms with Gasteiger partial charge in [-0.25, -0.2) is 0 Å². The molecule has 2 N–H and O–H groups in total. The van der Waals surface area contributed by atoms with Gasteiger partial charge >= 0.3 is 5.97 Å². The molecule has 1 aliphatic heterocycles. The minimum absolute atomic E-state index is 0.145. The average Bonchev–Trinajstić information content (AvgIpc) is 2.35. The number of likely N-dealkylation sites (N-methyl/N-ethyl adjacent to an activating group) is 1. The standard InChI is InChI=1S/C7H14N2O2/c1-9(5-7(10)11)6-2-3-8-4-6/h6,8H,2-5H2,1H3,(H,10,11)/t6-/m0/s1. The van der Waals surface area contributed by atoms with Gasteiger partial charge in [0.15, 0.2) is 0 Å². The molecule has 1 aliphatic rings. The maximum atomic E-state index is 10.3. The van der Waals surface area contributed by atoms with Gasteiger partial charge in [0.25, 0.3) is 0 Å². The summed E-state index contributed by atoms with van der Waals surface area (Å²) in [5, 5.41) is 11.7. The van der Waals surface area contributed by atoms with Crippen LogP contribution in [0.5, 0.6) is 0 Å². The lowest BCUT2D eigenvalue weighted by molar-refractivity contribution is -0.138. The first-order valence-corrected chi connectivity index (χ1v) is 3.83. The van der Waals surface area contributed by atoms with Crippen LogP contribution in [0.1, 0.15) is 6.42 Å². The van der Waals surface area contributed by atoms with Gasteiger partial charge in [-0.1, -0.05) is 0 Å². The molecule has 0 radical (unpaired) electrons. The predicted octanol–water partition coefficient (Wildman–Crippen LogP) is -0.635. The fraction of sp³-hybridized carbons (Fsp3) is 0.857. The van der Waals surface area contributed by atoms with Crippen molar-refractivity contribution in [1.82, 2.24) is 10.2 Å². The first kappa shape index (κ1) is 8.49. The van der Waals surface area contributed by atoms with E-state index in [2.05, 4.69) is 5.32 Å². The van der Waals surface area contributed by atoms with Crippen molar-refractivity contribution >= 4 is 5.97 Å². The SMILES string of the molecule is CN(CC(=O)O)[C@H]1CCNC1. The number of carboxylic acid groups (broad SMARTS) is 1. The van der Waals surface area contributed by atoms with Crippen molar-refractivity contribution in [1.29, 1.82) is 0 Å². The molecule has 1 saturated heterocycles. The molecule has 0 bridgehead atoms. The van der Waals surface area contributed by atoms with Crippen molar-refractivity contribution in [2.45, 2.75) is 12.5 Å². The molecule has 1 rings (SSSR count). The van der Waals surface area contributed by atoms with Crippen molar-refractivity contribution < 1.29 is 9.90 Å². The molecule has 64 valence electrons. The number of nitrogens with zero attached hydrogens (tertiary/aromatic N) is 1. The Morgan fingerprint density at radius 3 is 3.00 bits per heavy atom. The van der Waals surface area contributed by atoms with Crippen LogP contribution in [0.15, 0.2) is 0 Å². The van der Waals surface area contributed by atoms with E-state index in [9.17, 15) is 4.79 Å². The topological polar surface area (TPSA) is 52.6 Å². The van der Waals surface area contributed by atoms with Crippen LogP contribution in [-0.4, -0.2) is 48.7 Å². The highest BCUT2D eigenvalue weighted by Gasteiger charge is 2.20. The van der Waals surface area contributed by atoms with Crippen LogP contribution >= 0.6 is 0 Å². The van der Waals surface area contributed by atoms with Gasteiger partial charge < -0.3 is 10.4 Å². The van der Waals surface area contributed by atoms with E-state index in [1.807, 2.05) is 11.9 Å². The molecule has 0 saturated carbocycles. The summed E-state index contributed by atoms with van der Waals surface area (Å²) in [5.41, 5.74) is 0. The van der Waals surface area contributed by atoms with E-state index in [-0.39, 0.29) is 6.54 Å². The van der Waals surface area contributed by atoms with E-state index in [1.165, 1.54) is 0 Å². The highest BCUT2D eigenvalue weighted by atomic mass is 16.4. The molecule has 0 aromatic carbocycles. The monoisotopic (exact) mass is 158 g/mol. The number of rotatable bonds is 3. The summed E-state index contributed by atoms with van der Waals surface area (Å²) in [7, 11) is 1.85.